The van der Waals surface area contributed by atoms with Crippen LogP contribution in [-0.4, -0.2) is 49.2 Å². The lowest BCUT2D eigenvalue weighted by atomic mass is 10.1. The fourth-order valence-corrected chi connectivity index (χ4v) is 2.24. The van der Waals surface area contributed by atoms with Gasteiger partial charge in [0, 0.05) is 31.2 Å². The Morgan fingerprint density at radius 3 is 2.80 bits per heavy atom. The van der Waals surface area contributed by atoms with Crippen LogP contribution in [0.4, 0.5) is 0 Å². The first-order valence-corrected chi connectivity index (χ1v) is 7.00. The van der Waals surface area contributed by atoms with Gasteiger partial charge >= 0.3 is 0 Å². The molecule has 5 heteroatoms. The molecule has 1 fully saturated rings. The Morgan fingerprint density at radius 2 is 2.15 bits per heavy atom. The molecule has 0 spiro atoms. The standard InChI is InChI=1S/C15H22N2O3/c1-12(13(2)17-7-10-19-11-8-17)16-15(18)6-5-14-4-3-9-20-14/h3-6,9,12-13H,7-8,10-11H2,1-2H3,(H,16,18). The van der Waals surface area contributed by atoms with Crippen molar-refractivity contribution in [2.24, 2.45) is 0 Å². The number of furan rings is 1. The van der Waals surface area contributed by atoms with Crippen molar-refractivity contribution in [3.63, 3.8) is 0 Å². The second-order valence-electron chi connectivity index (χ2n) is 5.03. The summed E-state index contributed by atoms with van der Waals surface area (Å²) in [6.45, 7) is 7.53. The van der Waals surface area contributed by atoms with Gasteiger partial charge in [0.05, 0.1) is 19.5 Å². The van der Waals surface area contributed by atoms with E-state index in [1.165, 1.54) is 6.08 Å². The van der Waals surface area contributed by atoms with Gasteiger partial charge in [0.15, 0.2) is 0 Å². The Labute approximate surface area is 119 Å². The molecule has 1 aromatic heterocycles. The van der Waals surface area contributed by atoms with Gasteiger partial charge in [-0.2, -0.15) is 0 Å². The summed E-state index contributed by atoms with van der Waals surface area (Å²) in [6, 6.07) is 3.98. The van der Waals surface area contributed by atoms with Gasteiger partial charge in [-0.15, -0.1) is 0 Å². The number of rotatable bonds is 5. The molecule has 1 amide bonds. The molecule has 2 atom stereocenters. The smallest absolute Gasteiger partial charge is 0.244 e. The molecular formula is C15H22N2O3. The minimum Gasteiger partial charge on any atom is -0.465 e. The molecule has 0 aliphatic carbocycles. The number of amides is 1. The first kappa shape index (κ1) is 14.8. The molecule has 1 saturated heterocycles. The molecule has 1 aliphatic rings. The lowest BCUT2D eigenvalue weighted by molar-refractivity contribution is -0.117. The van der Waals surface area contributed by atoms with Gasteiger partial charge < -0.3 is 14.5 Å². The summed E-state index contributed by atoms with van der Waals surface area (Å²) in [6.07, 6.45) is 4.75. The highest BCUT2D eigenvalue weighted by Crippen LogP contribution is 2.08. The molecule has 0 aromatic carbocycles. The van der Waals surface area contributed by atoms with Gasteiger partial charge in [-0.3, -0.25) is 9.69 Å². The molecular weight excluding hydrogens is 256 g/mol. The summed E-state index contributed by atoms with van der Waals surface area (Å²) < 4.78 is 10.5. The van der Waals surface area contributed by atoms with Crippen LogP contribution in [0.2, 0.25) is 0 Å². The van der Waals surface area contributed by atoms with Crippen LogP contribution in [0.5, 0.6) is 0 Å². The highest BCUT2D eigenvalue weighted by atomic mass is 16.5. The number of morpholine rings is 1. The zero-order valence-corrected chi connectivity index (χ0v) is 12.0. The van der Waals surface area contributed by atoms with Crippen molar-refractivity contribution in [1.29, 1.82) is 0 Å². The quantitative estimate of drug-likeness (QED) is 0.830. The number of nitrogens with zero attached hydrogens (tertiary/aromatic N) is 1. The van der Waals surface area contributed by atoms with E-state index in [0.717, 1.165) is 26.3 Å². The topological polar surface area (TPSA) is 54.7 Å². The van der Waals surface area contributed by atoms with Crippen molar-refractivity contribution in [2.75, 3.05) is 26.3 Å². The Morgan fingerprint density at radius 1 is 1.40 bits per heavy atom. The molecule has 1 aliphatic heterocycles. The van der Waals surface area contributed by atoms with Crippen LogP contribution >= 0.6 is 0 Å². The number of hydrogen-bond donors (Lipinski definition) is 1. The second-order valence-corrected chi connectivity index (χ2v) is 5.03. The molecule has 5 nitrogen and oxygen atoms in total. The Balaban J connectivity index is 1.80. The molecule has 0 saturated carbocycles. The molecule has 2 heterocycles. The third-order valence-corrected chi connectivity index (χ3v) is 3.66. The van der Waals surface area contributed by atoms with Crippen LogP contribution in [0.3, 0.4) is 0 Å². The zero-order chi connectivity index (χ0) is 14.4. The van der Waals surface area contributed by atoms with Crippen LogP contribution < -0.4 is 5.32 Å². The van der Waals surface area contributed by atoms with Gasteiger partial charge in [-0.1, -0.05) is 0 Å². The van der Waals surface area contributed by atoms with Crippen molar-refractivity contribution in [3.8, 4) is 0 Å². The maximum atomic E-state index is 11.9. The number of nitrogens with one attached hydrogen (secondary N) is 1. The minimum absolute atomic E-state index is 0.0850. The summed E-state index contributed by atoms with van der Waals surface area (Å²) in [4.78, 5) is 14.2. The Hall–Kier alpha value is -1.59. The average Bonchev–Trinajstić information content (AvgIpc) is 2.98. The van der Waals surface area contributed by atoms with E-state index >= 15 is 0 Å². The van der Waals surface area contributed by atoms with E-state index in [2.05, 4.69) is 17.1 Å². The monoisotopic (exact) mass is 278 g/mol. The normalized spacial score (nSPS) is 19.9. The molecule has 1 aromatic rings. The number of ether oxygens (including phenoxy) is 1. The fourth-order valence-electron chi connectivity index (χ4n) is 2.24. The maximum Gasteiger partial charge on any atom is 0.244 e. The van der Waals surface area contributed by atoms with Crippen LogP contribution in [0.25, 0.3) is 6.08 Å². The molecule has 2 rings (SSSR count). The molecule has 0 radical (unpaired) electrons. The van der Waals surface area contributed by atoms with Crippen molar-refractivity contribution in [1.82, 2.24) is 10.2 Å². The summed E-state index contributed by atoms with van der Waals surface area (Å²) in [5.41, 5.74) is 0. The third-order valence-electron chi connectivity index (χ3n) is 3.66. The van der Waals surface area contributed by atoms with E-state index in [1.807, 2.05) is 13.0 Å². The fraction of sp³-hybridized carbons (Fsp3) is 0.533. The highest BCUT2D eigenvalue weighted by Gasteiger charge is 2.22. The lowest BCUT2D eigenvalue weighted by Gasteiger charge is -2.35. The van der Waals surface area contributed by atoms with E-state index in [1.54, 1.807) is 18.4 Å². The van der Waals surface area contributed by atoms with Gasteiger partial charge in [0.25, 0.3) is 0 Å². The summed E-state index contributed by atoms with van der Waals surface area (Å²) in [7, 11) is 0. The van der Waals surface area contributed by atoms with E-state index in [9.17, 15) is 4.79 Å². The van der Waals surface area contributed by atoms with Gasteiger partial charge in [-0.25, -0.2) is 0 Å². The van der Waals surface area contributed by atoms with E-state index in [4.69, 9.17) is 9.15 Å². The van der Waals surface area contributed by atoms with Crippen LogP contribution in [0, 0.1) is 0 Å². The zero-order valence-electron chi connectivity index (χ0n) is 12.0. The molecule has 20 heavy (non-hydrogen) atoms. The number of carbonyl (C=O) groups excluding carboxylic acids is 1. The third kappa shape index (κ3) is 4.21. The largest absolute Gasteiger partial charge is 0.465 e. The minimum atomic E-state index is -0.103. The summed E-state index contributed by atoms with van der Waals surface area (Å²) in [5.74, 6) is 0.572. The molecule has 110 valence electrons. The molecule has 1 N–H and O–H groups in total. The van der Waals surface area contributed by atoms with E-state index in [0.29, 0.717) is 11.8 Å². The first-order valence-electron chi connectivity index (χ1n) is 7.00. The predicted octanol–water partition coefficient (Wildman–Crippen LogP) is 1.52. The predicted molar refractivity (Wildman–Crippen MR) is 77.2 cm³/mol. The SMILES string of the molecule is CC(NC(=O)C=Cc1ccco1)C(C)N1CCOCC1. The first-order chi connectivity index (χ1) is 9.66. The number of hydrogen-bond acceptors (Lipinski definition) is 4. The lowest BCUT2D eigenvalue weighted by Crippen LogP contribution is -2.51. The Kier molecular flexibility index (Phi) is 5.38. The highest BCUT2D eigenvalue weighted by molar-refractivity contribution is 5.91. The average molecular weight is 278 g/mol. The van der Waals surface area contributed by atoms with Crippen LogP contribution in [-0.2, 0) is 9.53 Å². The van der Waals surface area contributed by atoms with Crippen molar-refractivity contribution >= 4 is 12.0 Å². The van der Waals surface area contributed by atoms with Crippen LogP contribution in [0.15, 0.2) is 28.9 Å². The maximum absolute atomic E-state index is 11.9. The van der Waals surface area contributed by atoms with Crippen LogP contribution in [0.1, 0.15) is 19.6 Å². The van der Waals surface area contributed by atoms with E-state index in [-0.39, 0.29) is 11.9 Å². The number of carbonyl (C=O) groups is 1. The van der Waals surface area contributed by atoms with Gasteiger partial charge in [0.1, 0.15) is 5.76 Å². The molecule has 2 unspecified atom stereocenters. The summed E-state index contributed by atoms with van der Waals surface area (Å²) >= 11 is 0. The van der Waals surface area contributed by atoms with Gasteiger partial charge in [-0.05, 0) is 32.1 Å². The van der Waals surface area contributed by atoms with Gasteiger partial charge in [0.2, 0.25) is 5.91 Å². The molecule has 0 bridgehead atoms. The van der Waals surface area contributed by atoms with E-state index < -0.39 is 0 Å². The van der Waals surface area contributed by atoms with Crippen molar-refractivity contribution in [3.05, 3.63) is 30.2 Å². The Bertz CT molecular complexity index is 436. The summed E-state index contributed by atoms with van der Waals surface area (Å²) in [5, 5.41) is 2.99. The van der Waals surface area contributed by atoms with Crippen molar-refractivity contribution in [2.45, 2.75) is 25.9 Å². The second kappa shape index (κ2) is 7.26. The van der Waals surface area contributed by atoms with Crippen molar-refractivity contribution < 1.29 is 13.9 Å².